The van der Waals surface area contributed by atoms with Crippen molar-refractivity contribution in [3.63, 3.8) is 0 Å². The third kappa shape index (κ3) is 4.82. The van der Waals surface area contributed by atoms with E-state index in [0.717, 1.165) is 24.5 Å². The molecule has 2 aromatic rings. The fraction of sp³-hybridized carbons (Fsp3) is 0.400. The van der Waals surface area contributed by atoms with Crippen LogP contribution >= 0.6 is 0 Å². The molecule has 0 atom stereocenters. The third-order valence-corrected chi connectivity index (χ3v) is 3.33. The third-order valence-electron chi connectivity index (χ3n) is 3.33. The summed E-state index contributed by atoms with van der Waals surface area (Å²) < 4.78 is 84.9. The van der Waals surface area contributed by atoms with Crippen LogP contribution in [0.4, 0.5) is 15.1 Å². The minimum atomic E-state index is -3.48. The van der Waals surface area contributed by atoms with Crippen LogP contribution in [0.25, 0.3) is 0 Å². The Morgan fingerprint density at radius 1 is 1.04 bits per heavy atom. The first-order chi connectivity index (χ1) is 16.2. The Kier molecular flexibility index (Phi) is 3.32. The van der Waals surface area contributed by atoms with Gasteiger partial charge < -0.3 is 14.5 Å². The molecule has 1 amide bonds. The summed E-state index contributed by atoms with van der Waals surface area (Å²) in [5, 5.41) is 0. The Morgan fingerprint density at radius 2 is 1.61 bits per heavy atom. The summed E-state index contributed by atoms with van der Waals surface area (Å²) in [6.07, 6.45) is 0.239. The van der Waals surface area contributed by atoms with Crippen molar-refractivity contribution in [2.24, 2.45) is 0 Å². The van der Waals surface area contributed by atoms with E-state index in [9.17, 15) is 14.0 Å². The summed E-state index contributed by atoms with van der Waals surface area (Å²) in [4.78, 5) is 32.7. The lowest BCUT2D eigenvalue weighted by Crippen LogP contribution is -2.50. The summed E-state index contributed by atoms with van der Waals surface area (Å²) >= 11 is 0. The lowest BCUT2D eigenvalue weighted by atomic mass is 10.1. The van der Waals surface area contributed by atoms with Crippen molar-refractivity contribution < 1.29 is 29.7 Å². The molecule has 1 aliphatic rings. The molecule has 1 saturated heterocycles. The number of ether oxygens (including phenoxy) is 1. The number of ketones is 1. The normalized spacial score (nSPS) is 26.1. The van der Waals surface area contributed by atoms with Gasteiger partial charge in [0.1, 0.15) is 11.4 Å². The van der Waals surface area contributed by atoms with Crippen molar-refractivity contribution in [3.8, 4) is 0 Å². The summed E-state index contributed by atoms with van der Waals surface area (Å²) in [5.41, 5.74) is -1.24. The van der Waals surface area contributed by atoms with E-state index < -0.39 is 55.2 Å². The predicted molar refractivity (Wildman–Crippen MR) is 102 cm³/mol. The van der Waals surface area contributed by atoms with Gasteiger partial charge in [0.2, 0.25) is 5.95 Å². The van der Waals surface area contributed by atoms with Crippen molar-refractivity contribution in [2.45, 2.75) is 26.4 Å². The van der Waals surface area contributed by atoms with E-state index in [1.807, 2.05) is 0 Å². The number of carbonyl (C=O) groups is 2. The number of hydrogen-bond acceptors (Lipinski definition) is 6. The fourth-order valence-corrected chi connectivity index (χ4v) is 2.08. The number of halogens is 1. The highest BCUT2D eigenvalue weighted by Gasteiger charge is 2.26. The molecule has 0 N–H and O–H groups in total. The number of carbonyl (C=O) groups excluding carboxylic acids is 2. The van der Waals surface area contributed by atoms with Crippen molar-refractivity contribution in [2.75, 3.05) is 30.9 Å². The van der Waals surface area contributed by atoms with Crippen molar-refractivity contribution in [1.29, 1.82) is 0 Å². The smallest absolute Gasteiger partial charge is 0.410 e. The lowest BCUT2D eigenvalue weighted by Gasteiger charge is -2.35. The van der Waals surface area contributed by atoms with Crippen LogP contribution in [0.15, 0.2) is 36.7 Å². The first kappa shape index (κ1) is 11.7. The van der Waals surface area contributed by atoms with Gasteiger partial charge in [-0.1, -0.05) is 0 Å². The average Bonchev–Trinajstić information content (AvgIpc) is 2.71. The van der Waals surface area contributed by atoms with Gasteiger partial charge in [-0.2, -0.15) is 0 Å². The van der Waals surface area contributed by atoms with Crippen LogP contribution in [-0.4, -0.2) is 58.3 Å². The van der Waals surface area contributed by atoms with E-state index in [-0.39, 0.29) is 20.9 Å². The van der Waals surface area contributed by atoms with Gasteiger partial charge in [-0.15, -0.1) is 0 Å². The predicted octanol–water partition coefficient (Wildman–Crippen LogP) is 2.90. The van der Waals surface area contributed by atoms with E-state index in [4.69, 9.17) is 15.7 Å². The van der Waals surface area contributed by atoms with E-state index in [1.165, 1.54) is 32.9 Å². The first-order valence-electron chi connectivity index (χ1n) is 12.2. The van der Waals surface area contributed by atoms with Gasteiger partial charge in [-0.05, 0) is 45.0 Å². The molecule has 7 nitrogen and oxygen atoms in total. The van der Waals surface area contributed by atoms with Crippen LogP contribution in [0.1, 0.15) is 47.7 Å². The van der Waals surface area contributed by atoms with Gasteiger partial charge in [-0.3, -0.25) is 4.79 Å². The molecule has 0 spiro atoms. The number of nitrogens with zero attached hydrogens (tertiary/aromatic N) is 4. The van der Waals surface area contributed by atoms with Crippen molar-refractivity contribution in [1.82, 2.24) is 14.9 Å². The molecule has 1 fully saturated rings. The maximum atomic E-state index is 13.1. The Morgan fingerprint density at radius 3 is 2.14 bits per heavy atom. The van der Waals surface area contributed by atoms with E-state index in [2.05, 4.69) is 9.97 Å². The largest absolute Gasteiger partial charge is 0.444 e. The second kappa shape index (κ2) is 7.92. The number of rotatable bonds is 3. The van der Waals surface area contributed by atoms with Crippen LogP contribution < -0.4 is 4.90 Å². The number of aromatic nitrogens is 2. The Labute approximate surface area is 174 Å². The number of hydrogen-bond donors (Lipinski definition) is 0. The quantitative estimate of drug-likeness (QED) is 0.745. The zero-order valence-corrected chi connectivity index (χ0v) is 15.4. The lowest BCUT2D eigenvalue weighted by molar-refractivity contribution is 0.0240. The molecule has 0 aliphatic carbocycles. The molecule has 0 unspecified atom stereocenters. The number of amides is 1. The maximum absolute atomic E-state index is 13.1. The molecule has 3 rings (SSSR count). The van der Waals surface area contributed by atoms with E-state index in [1.54, 1.807) is 0 Å². The SMILES string of the molecule is [2H]C1([2H])N(C(=O)OC(C)(C)C)C([2H])([2H])C([2H])([2H])N(c2ncc(C(=O)c3ccc(F)cc3)cn2)C1([2H])[2H]. The maximum Gasteiger partial charge on any atom is 0.410 e. The van der Waals surface area contributed by atoms with Gasteiger partial charge in [0.25, 0.3) is 0 Å². The second-order valence-corrected chi connectivity index (χ2v) is 6.71. The number of piperazine rings is 1. The van der Waals surface area contributed by atoms with Gasteiger partial charge in [-0.25, -0.2) is 19.2 Å². The Hall–Kier alpha value is -3.03. The van der Waals surface area contributed by atoms with Crippen molar-refractivity contribution >= 4 is 17.8 Å². The molecule has 8 heteroatoms. The highest BCUT2D eigenvalue weighted by molar-refractivity contribution is 6.08. The molecule has 0 bridgehead atoms. The minimum Gasteiger partial charge on any atom is -0.444 e. The summed E-state index contributed by atoms with van der Waals surface area (Å²) in [5.74, 6) is -1.96. The van der Waals surface area contributed by atoms with Crippen LogP contribution in [0.3, 0.4) is 0 Å². The summed E-state index contributed by atoms with van der Waals surface area (Å²) in [6.45, 7) is -9.50. The molecule has 1 aromatic heterocycles. The summed E-state index contributed by atoms with van der Waals surface area (Å²) in [6, 6.07) is 4.59. The highest BCUT2D eigenvalue weighted by Crippen LogP contribution is 2.16. The first-order valence-corrected chi connectivity index (χ1v) is 8.21. The van der Waals surface area contributed by atoms with Crippen molar-refractivity contribution in [3.05, 3.63) is 53.6 Å². The van der Waals surface area contributed by atoms with Crippen LogP contribution in [0, 0.1) is 5.82 Å². The Balaban J connectivity index is 2.05. The summed E-state index contributed by atoms with van der Waals surface area (Å²) in [7, 11) is 0. The standard InChI is InChI=1S/C20H23FN4O3/c1-20(2,3)28-19(27)25-10-8-24(9-11-25)18-22-12-15(13-23-18)17(26)14-4-6-16(21)7-5-14/h4-7,12-13H,8-11H2,1-3H3/i8D2,9D2,10D2,11D2. The Bertz CT molecular complexity index is 1140. The molecule has 148 valence electrons. The van der Waals surface area contributed by atoms with Gasteiger partial charge in [0.05, 0.1) is 16.5 Å². The van der Waals surface area contributed by atoms with Gasteiger partial charge >= 0.3 is 6.09 Å². The highest BCUT2D eigenvalue weighted by atomic mass is 19.1. The number of anilines is 1. The van der Waals surface area contributed by atoms with E-state index in [0.29, 0.717) is 0 Å². The average molecular weight is 394 g/mol. The monoisotopic (exact) mass is 394 g/mol. The molecule has 0 radical (unpaired) electrons. The zero-order valence-electron chi connectivity index (χ0n) is 23.4. The van der Waals surface area contributed by atoms with Crippen LogP contribution in [-0.2, 0) is 4.74 Å². The number of benzene rings is 1. The minimum absolute atomic E-state index is 0.0486. The zero-order chi connectivity index (χ0) is 27.5. The van der Waals surface area contributed by atoms with Crippen LogP contribution in [0.2, 0.25) is 0 Å². The second-order valence-electron chi connectivity index (χ2n) is 6.71. The molecule has 2 heterocycles. The fourth-order valence-electron chi connectivity index (χ4n) is 2.08. The van der Waals surface area contributed by atoms with Gasteiger partial charge in [0, 0.05) is 43.9 Å². The molecular weight excluding hydrogens is 363 g/mol. The molecule has 0 saturated carbocycles. The topological polar surface area (TPSA) is 75.6 Å². The van der Waals surface area contributed by atoms with E-state index >= 15 is 0 Å². The van der Waals surface area contributed by atoms with Gasteiger partial charge in [0.15, 0.2) is 5.78 Å². The molecule has 1 aliphatic heterocycles. The molecular formula is C20H23FN4O3. The van der Waals surface area contributed by atoms with Crippen LogP contribution in [0.5, 0.6) is 0 Å². The molecule has 1 aromatic carbocycles. The molecule has 28 heavy (non-hydrogen) atoms.